The second-order valence-corrected chi connectivity index (χ2v) is 6.97. The maximum atomic E-state index is 13.0. The number of aromatic nitrogens is 2. The van der Waals surface area contributed by atoms with Gasteiger partial charge in [-0.3, -0.25) is 4.79 Å². The van der Waals surface area contributed by atoms with E-state index >= 15 is 0 Å². The molecule has 134 valence electrons. The zero-order valence-electron chi connectivity index (χ0n) is 14.3. The van der Waals surface area contributed by atoms with E-state index in [9.17, 15) is 4.79 Å². The average molecular weight is 370 g/mol. The van der Waals surface area contributed by atoms with Crippen LogP contribution in [0.5, 0.6) is 0 Å². The van der Waals surface area contributed by atoms with Crippen LogP contribution in [0.3, 0.4) is 0 Å². The Balaban J connectivity index is 1.72. The summed E-state index contributed by atoms with van der Waals surface area (Å²) in [5.41, 5.74) is 1.72. The second kappa shape index (κ2) is 7.38. The Bertz CT molecular complexity index is 896. The maximum absolute atomic E-state index is 13.0. The first-order valence-corrected chi connectivity index (χ1v) is 9.30. The van der Waals surface area contributed by atoms with Gasteiger partial charge < -0.3 is 9.73 Å². The second-order valence-electron chi connectivity index (χ2n) is 6.56. The van der Waals surface area contributed by atoms with Crippen LogP contribution in [-0.2, 0) is 0 Å². The molecular weight excluding hydrogens is 350 g/mol. The van der Waals surface area contributed by atoms with E-state index in [4.69, 9.17) is 16.0 Å². The summed E-state index contributed by atoms with van der Waals surface area (Å²) in [4.78, 5) is 13.0. The van der Waals surface area contributed by atoms with Crippen molar-refractivity contribution in [1.29, 1.82) is 0 Å². The van der Waals surface area contributed by atoms with Gasteiger partial charge in [0.2, 0.25) is 0 Å². The lowest BCUT2D eigenvalue weighted by molar-refractivity contribution is 0.0920. The number of carbonyl (C=O) groups is 1. The summed E-state index contributed by atoms with van der Waals surface area (Å²) in [7, 11) is 0. The zero-order valence-corrected chi connectivity index (χ0v) is 15.1. The highest BCUT2D eigenvalue weighted by molar-refractivity contribution is 6.32. The first-order chi connectivity index (χ1) is 12.7. The van der Waals surface area contributed by atoms with E-state index in [-0.39, 0.29) is 11.9 Å². The molecule has 26 heavy (non-hydrogen) atoms. The number of amides is 1. The lowest BCUT2D eigenvalue weighted by Gasteiger charge is -2.22. The molecule has 1 aromatic carbocycles. The molecule has 0 atom stereocenters. The van der Waals surface area contributed by atoms with Crippen molar-refractivity contribution in [3.63, 3.8) is 0 Å². The Morgan fingerprint density at radius 3 is 2.69 bits per heavy atom. The van der Waals surface area contributed by atoms with Crippen molar-refractivity contribution in [2.75, 3.05) is 0 Å². The van der Waals surface area contributed by atoms with Gasteiger partial charge in [0.1, 0.15) is 11.4 Å². The topological polar surface area (TPSA) is 60.1 Å². The average Bonchev–Trinajstić information content (AvgIpc) is 3.33. The van der Waals surface area contributed by atoms with Gasteiger partial charge in [-0.15, -0.1) is 0 Å². The molecular formula is C20H20ClN3O2. The van der Waals surface area contributed by atoms with Crippen molar-refractivity contribution in [2.24, 2.45) is 0 Å². The van der Waals surface area contributed by atoms with E-state index in [1.165, 1.54) is 6.42 Å². The van der Waals surface area contributed by atoms with Crippen LogP contribution in [0.2, 0.25) is 5.02 Å². The SMILES string of the molecule is O=C(NC1CCCCC1)c1cc(-c2ccco2)nn1-c1ccccc1Cl. The molecule has 0 unspecified atom stereocenters. The van der Waals surface area contributed by atoms with Crippen LogP contribution >= 0.6 is 11.6 Å². The molecule has 1 saturated carbocycles. The van der Waals surface area contributed by atoms with Gasteiger partial charge in [0, 0.05) is 12.1 Å². The molecule has 1 N–H and O–H groups in total. The number of hydrogen-bond acceptors (Lipinski definition) is 3. The van der Waals surface area contributed by atoms with Crippen molar-refractivity contribution in [3.05, 3.63) is 59.4 Å². The number of benzene rings is 1. The summed E-state index contributed by atoms with van der Waals surface area (Å²) in [6, 6.07) is 12.9. The van der Waals surface area contributed by atoms with Gasteiger partial charge in [0.05, 0.1) is 17.0 Å². The first-order valence-electron chi connectivity index (χ1n) is 8.92. The molecule has 0 spiro atoms. The maximum Gasteiger partial charge on any atom is 0.270 e. The van der Waals surface area contributed by atoms with Crippen molar-refractivity contribution < 1.29 is 9.21 Å². The number of furan rings is 1. The van der Waals surface area contributed by atoms with Crippen molar-refractivity contribution in [2.45, 2.75) is 38.1 Å². The van der Waals surface area contributed by atoms with E-state index in [1.807, 2.05) is 24.3 Å². The van der Waals surface area contributed by atoms with Crippen LogP contribution in [0.15, 0.2) is 53.1 Å². The van der Waals surface area contributed by atoms with Crippen LogP contribution in [0.4, 0.5) is 0 Å². The number of rotatable bonds is 4. The van der Waals surface area contributed by atoms with Crippen molar-refractivity contribution >= 4 is 17.5 Å². The van der Waals surface area contributed by atoms with Crippen LogP contribution in [0, 0.1) is 0 Å². The van der Waals surface area contributed by atoms with E-state index in [0.29, 0.717) is 27.9 Å². The van der Waals surface area contributed by atoms with E-state index in [0.717, 1.165) is 25.7 Å². The fraction of sp³-hybridized carbons (Fsp3) is 0.300. The molecule has 1 fully saturated rings. The molecule has 0 bridgehead atoms. The summed E-state index contributed by atoms with van der Waals surface area (Å²) >= 11 is 6.35. The summed E-state index contributed by atoms with van der Waals surface area (Å²) in [6.07, 6.45) is 7.20. The van der Waals surface area contributed by atoms with Crippen LogP contribution in [0.25, 0.3) is 17.1 Å². The Morgan fingerprint density at radius 2 is 1.96 bits per heavy atom. The molecule has 5 nitrogen and oxygen atoms in total. The monoisotopic (exact) mass is 369 g/mol. The normalized spacial score (nSPS) is 15.1. The van der Waals surface area contributed by atoms with E-state index in [1.54, 1.807) is 29.1 Å². The molecule has 0 aliphatic heterocycles. The summed E-state index contributed by atoms with van der Waals surface area (Å²) in [6.45, 7) is 0. The van der Waals surface area contributed by atoms with Gasteiger partial charge in [0.15, 0.2) is 5.76 Å². The van der Waals surface area contributed by atoms with Gasteiger partial charge in [0.25, 0.3) is 5.91 Å². The Kier molecular flexibility index (Phi) is 4.80. The Morgan fingerprint density at radius 1 is 1.15 bits per heavy atom. The fourth-order valence-corrected chi connectivity index (χ4v) is 3.62. The number of carbonyl (C=O) groups excluding carboxylic acids is 1. The third-order valence-electron chi connectivity index (χ3n) is 4.74. The van der Waals surface area contributed by atoms with Crippen molar-refractivity contribution in [1.82, 2.24) is 15.1 Å². The number of hydrogen-bond donors (Lipinski definition) is 1. The Hall–Kier alpha value is -2.53. The molecule has 1 aliphatic carbocycles. The molecule has 3 aromatic rings. The predicted octanol–water partition coefficient (Wildman–Crippen LogP) is 4.85. The van der Waals surface area contributed by atoms with Crippen LogP contribution < -0.4 is 5.32 Å². The van der Waals surface area contributed by atoms with E-state index < -0.39 is 0 Å². The lowest BCUT2D eigenvalue weighted by atomic mass is 9.95. The van der Waals surface area contributed by atoms with Crippen LogP contribution in [-0.4, -0.2) is 21.7 Å². The van der Waals surface area contributed by atoms with Gasteiger partial charge in [-0.2, -0.15) is 5.10 Å². The molecule has 4 rings (SSSR count). The standard InChI is InChI=1S/C20H20ClN3O2/c21-15-9-4-5-10-17(15)24-18(13-16(23-24)19-11-6-12-26-19)20(25)22-14-7-2-1-3-8-14/h4-6,9-14H,1-3,7-8H2,(H,22,25). The lowest BCUT2D eigenvalue weighted by Crippen LogP contribution is -2.37. The highest BCUT2D eigenvalue weighted by Crippen LogP contribution is 2.26. The largest absolute Gasteiger partial charge is 0.463 e. The quantitative estimate of drug-likeness (QED) is 0.715. The summed E-state index contributed by atoms with van der Waals surface area (Å²) in [5.74, 6) is 0.477. The predicted molar refractivity (Wildman–Crippen MR) is 101 cm³/mol. The minimum absolute atomic E-state index is 0.137. The van der Waals surface area contributed by atoms with E-state index in [2.05, 4.69) is 10.4 Å². The zero-order chi connectivity index (χ0) is 17.9. The highest BCUT2D eigenvalue weighted by Gasteiger charge is 2.23. The third-order valence-corrected chi connectivity index (χ3v) is 5.06. The van der Waals surface area contributed by atoms with Crippen LogP contribution in [0.1, 0.15) is 42.6 Å². The third kappa shape index (κ3) is 3.40. The molecule has 0 radical (unpaired) electrons. The summed E-state index contributed by atoms with van der Waals surface area (Å²) in [5, 5.41) is 8.26. The smallest absolute Gasteiger partial charge is 0.270 e. The minimum Gasteiger partial charge on any atom is -0.463 e. The molecule has 0 saturated heterocycles. The number of nitrogens with zero attached hydrogens (tertiary/aromatic N) is 2. The minimum atomic E-state index is -0.137. The summed E-state index contributed by atoms with van der Waals surface area (Å²) < 4.78 is 7.04. The molecule has 1 amide bonds. The van der Waals surface area contributed by atoms with Gasteiger partial charge in [-0.05, 0) is 37.1 Å². The fourth-order valence-electron chi connectivity index (χ4n) is 3.40. The molecule has 2 heterocycles. The van der Waals surface area contributed by atoms with Gasteiger partial charge in [-0.1, -0.05) is 43.0 Å². The first kappa shape index (κ1) is 16.9. The van der Waals surface area contributed by atoms with Gasteiger partial charge in [-0.25, -0.2) is 4.68 Å². The Labute approximate surface area is 157 Å². The van der Waals surface area contributed by atoms with Crippen molar-refractivity contribution in [3.8, 4) is 17.1 Å². The molecule has 6 heteroatoms. The van der Waals surface area contributed by atoms with Gasteiger partial charge >= 0.3 is 0 Å². The number of halogens is 1. The molecule has 2 aromatic heterocycles. The number of para-hydroxylation sites is 1. The number of nitrogens with one attached hydrogen (secondary N) is 1. The highest BCUT2D eigenvalue weighted by atomic mass is 35.5. The molecule has 1 aliphatic rings.